The first-order valence-electron chi connectivity index (χ1n) is 9.31. The van der Waals surface area contributed by atoms with E-state index in [9.17, 15) is 4.79 Å². The molecule has 3 heteroatoms. The van der Waals surface area contributed by atoms with Gasteiger partial charge in [0.2, 0.25) is 0 Å². The van der Waals surface area contributed by atoms with E-state index >= 15 is 0 Å². The van der Waals surface area contributed by atoms with Crippen LogP contribution in [0.1, 0.15) is 39.0 Å². The van der Waals surface area contributed by atoms with Crippen molar-refractivity contribution >= 4 is 16.9 Å². The maximum absolute atomic E-state index is 10.9. The molecule has 10 aliphatic heterocycles. The fraction of sp³-hybridized carbons (Fsp3) is 0.944. The van der Waals surface area contributed by atoms with Crippen molar-refractivity contribution in [3.63, 3.8) is 0 Å². The molecule has 0 aromatic rings. The first kappa shape index (κ1) is 9.74. The van der Waals surface area contributed by atoms with Gasteiger partial charge in [0.15, 0.2) is 0 Å². The summed E-state index contributed by atoms with van der Waals surface area (Å²) in [5.74, 6) is 1.07. The van der Waals surface area contributed by atoms with E-state index in [1.807, 2.05) is 0 Å². The van der Waals surface area contributed by atoms with Crippen LogP contribution in [-0.4, -0.2) is 10.9 Å². The molecular formula is C18H24FeOS. The summed E-state index contributed by atoms with van der Waals surface area (Å²) in [7, 11) is 0. The Hall–Kier alpha value is 0.539. The fourth-order valence-corrected chi connectivity index (χ4v) is 94.4. The molecule has 10 heterocycles. The first-order chi connectivity index (χ1) is 9.96. The van der Waals surface area contributed by atoms with Gasteiger partial charge in [-0.3, -0.25) is 0 Å². The summed E-state index contributed by atoms with van der Waals surface area (Å²) in [6.45, 7) is -0.997. The number of hydrogen-bond acceptors (Lipinski definition) is 2. The summed E-state index contributed by atoms with van der Waals surface area (Å²) in [4.78, 5) is 24.6. The monoisotopic (exact) mass is 344 g/mol. The predicted molar refractivity (Wildman–Crippen MR) is 82.7 cm³/mol. The fourth-order valence-electron chi connectivity index (χ4n) is 18.4. The van der Waals surface area contributed by atoms with Crippen LogP contribution in [-0.2, 0) is 11.3 Å². The Morgan fingerprint density at radius 1 is 0.905 bits per heavy atom. The molecule has 10 aliphatic rings. The summed E-state index contributed by atoms with van der Waals surface area (Å²) in [5.41, 5.74) is 0. The standard InChI is InChI=1S/C13H19OS.C5H5.Fe/c1-12(14)15-11-7-3-2-4-8-13-9-5-6-10-13;1-2-4-5-3-1;/h5-6,9-10H,2-4,7-8,11H2,1H3;1-5H;. The second-order valence-corrected chi connectivity index (χ2v) is 37.3. The Bertz CT molecular complexity index is 962. The number of thioether (sulfide) groups is 1. The second-order valence-electron chi connectivity index (χ2n) is 12.3. The van der Waals surface area contributed by atoms with E-state index in [4.69, 9.17) is 0 Å². The van der Waals surface area contributed by atoms with Crippen molar-refractivity contribution in [2.45, 2.75) is 86.7 Å². The van der Waals surface area contributed by atoms with Crippen LogP contribution in [0.4, 0.5) is 0 Å². The minimum absolute atomic E-state index is 0.299. The molecule has 0 saturated carbocycles. The molecule has 10 saturated heterocycles. The molecule has 116 valence electrons. The van der Waals surface area contributed by atoms with E-state index in [-0.39, 0.29) is 0 Å². The molecule has 4 unspecified atom stereocenters. The Balaban J connectivity index is 0.945. The van der Waals surface area contributed by atoms with Crippen molar-refractivity contribution < 1.29 is 11.3 Å². The summed E-state index contributed by atoms with van der Waals surface area (Å²) < 4.78 is 1.17. The van der Waals surface area contributed by atoms with Crippen LogP contribution >= 0.6 is 11.8 Å². The van der Waals surface area contributed by atoms with Gasteiger partial charge in [0.25, 0.3) is 0 Å². The van der Waals surface area contributed by atoms with Gasteiger partial charge in [-0.2, -0.15) is 0 Å². The number of rotatable bonds is 7. The van der Waals surface area contributed by atoms with E-state index in [2.05, 4.69) is 0 Å². The summed E-state index contributed by atoms with van der Waals surface area (Å²) in [5, 5.41) is 0.299. The minimum atomic E-state index is -2.70. The molecule has 0 amide bonds. The van der Waals surface area contributed by atoms with Crippen LogP contribution in [0, 0.1) is 0 Å². The normalized spacial score (nSPS) is 98.6. The van der Waals surface area contributed by atoms with Gasteiger partial charge < -0.3 is 0 Å². The van der Waals surface area contributed by atoms with E-state index < -0.39 is 6.51 Å². The molecule has 0 N–H and O–H groups in total. The molecule has 0 aromatic carbocycles. The van der Waals surface area contributed by atoms with Crippen molar-refractivity contribution in [3.8, 4) is 0 Å². The van der Waals surface area contributed by atoms with E-state index in [0.717, 1.165) is 5.75 Å². The van der Waals surface area contributed by atoms with Crippen molar-refractivity contribution in [1.29, 1.82) is 0 Å². The third-order valence-corrected chi connectivity index (χ3v) is 60.7. The SMILES string of the molecule is CC(=O)SCCCCCC[C]12[CH]3[CH]4[CH]5[CH]1[Fe]45321678[CH]2[CH]1[CH]6[CH]7[CH]28. The summed E-state index contributed by atoms with van der Waals surface area (Å²) in [6.07, 6.45) is 7.41. The van der Waals surface area contributed by atoms with Gasteiger partial charge >= 0.3 is 121 Å². The number of carbonyl (C=O) groups excluding carboxylic acids is 1. The Morgan fingerprint density at radius 2 is 1.48 bits per heavy atom. The van der Waals surface area contributed by atoms with Gasteiger partial charge in [0.1, 0.15) is 0 Å². The van der Waals surface area contributed by atoms with Gasteiger partial charge in [-0.25, -0.2) is 0 Å². The molecular weight excluding hydrogens is 320 g/mol. The van der Waals surface area contributed by atoms with Gasteiger partial charge in [0.05, 0.1) is 0 Å². The van der Waals surface area contributed by atoms with Crippen molar-refractivity contribution in [2.24, 2.45) is 0 Å². The molecule has 4 atom stereocenters. The van der Waals surface area contributed by atoms with Gasteiger partial charge in [-0.05, 0) is 0 Å². The zero-order valence-corrected chi connectivity index (χ0v) is 14.5. The molecule has 10 rings (SSSR count). The summed E-state index contributed by atoms with van der Waals surface area (Å²) in [6, 6.07) is 0. The quantitative estimate of drug-likeness (QED) is 0.418. The Labute approximate surface area is 120 Å². The maximum atomic E-state index is 10.9. The molecule has 0 aliphatic carbocycles. The molecule has 21 heavy (non-hydrogen) atoms. The topological polar surface area (TPSA) is 17.1 Å². The van der Waals surface area contributed by atoms with Crippen molar-refractivity contribution in [1.82, 2.24) is 0 Å². The molecule has 0 radical (unpaired) electrons. The van der Waals surface area contributed by atoms with Crippen LogP contribution in [0.15, 0.2) is 0 Å². The third-order valence-electron chi connectivity index (χ3n) is 16.7. The van der Waals surface area contributed by atoms with E-state index in [0.29, 0.717) is 5.12 Å². The molecule has 1 nitrogen and oxygen atoms in total. The number of unbranched alkanes of at least 4 members (excludes halogenated alkanes) is 3. The molecule has 1 spiro atoms. The molecule has 10 fully saturated rings. The van der Waals surface area contributed by atoms with Crippen molar-refractivity contribution in [2.75, 3.05) is 5.75 Å². The van der Waals surface area contributed by atoms with E-state index in [1.54, 1.807) is 19.8 Å². The molecule has 0 aromatic heterocycles. The number of hydrogen-bond donors (Lipinski definition) is 0. The average molecular weight is 344 g/mol. The predicted octanol–water partition coefficient (Wildman–Crippen LogP) is 5.98. The summed E-state index contributed by atoms with van der Waals surface area (Å²) >= 11 is 1.53. The number of fused-ring (bicyclic) bond motifs is 10. The van der Waals surface area contributed by atoms with Crippen LogP contribution in [0.3, 0.4) is 0 Å². The Kier molecular flexibility index (Phi) is 0.464. The number of carbonyl (C=O) groups is 1. The van der Waals surface area contributed by atoms with Gasteiger partial charge in [-0.15, -0.1) is 0 Å². The average Bonchev–Trinajstić information content (AvgIpc) is 3.39. The van der Waals surface area contributed by atoms with Crippen LogP contribution in [0.2, 0.25) is 47.7 Å². The zero-order valence-electron chi connectivity index (χ0n) is 12.6. The van der Waals surface area contributed by atoms with Gasteiger partial charge in [0, 0.05) is 0 Å². The van der Waals surface area contributed by atoms with Crippen LogP contribution < -0.4 is 0 Å². The zero-order chi connectivity index (χ0) is 13.5. The van der Waals surface area contributed by atoms with Gasteiger partial charge in [-0.1, -0.05) is 0 Å². The second kappa shape index (κ2) is 1.00. The van der Waals surface area contributed by atoms with Crippen LogP contribution in [0.5, 0.6) is 0 Å². The van der Waals surface area contributed by atoms with E-state index in [1.165, 1.54) is 78.7 Å². The third kappa shape index (κ3) is 0.140. The van der Waals surface area contributed by atoms with Crippen molar-refractivity contribution in [3.05, 3.63) is 0 Å². The van der Waals surface area contributed by atoms with Crippen LogP contribution in [0.25, 0.3) is 0 Å². The first-order valence-corrected chi connectivity index (χ1v) is 16.6. The molecule has 0 bridgehead atoms. The Morgan fingerprint density at radius 3 is 1.90 bits per heavy atom.